The van der Waals surface area contributed by atoms with E-state index >= 15 is 0 Å². The Morgan fingerprint density at radius 3 is 2.80 bits per heavy atom. The fraction of sp³-hybridized carbons (Fsp3) is 0.368. The molecule has 1 atom stereocenters. The van der Waals surface area contributed by atoms with E-state index in [2.05, 4.69) is 20.9 Å². The zero-order valence-electron chi connectivity index (χ0n) is 13.9. The summed E-state index contributed by atoms with van der Waals surface area (Å²) in [6.45, 7) is 2.31. The van der Waals surface area contributed by atoms with Crippen molar-refractivity contribution in [1.82, 2.24) is 9.97 Å². The molecule has 1 spiro atoms. The van der Waals surface area contributed by atoms with Gasteiger partial charge in [0.2, 0.25) is 5.91 Å². The van der Waals surface area contributed by atoms with Crippen LogP contribution in [0.2, 0.25) is 0 Å². The van der Waals surface area contributed by atoms with E-state index < -0.39 is 0 Å². The lowest BCUT2D eigenvalue weighted by Gasteiger charge is -2.39. The van der Waals surface area contributed by atoms with Gasteiger partial charge in [0, 0.05) is 32.0 Å². The molecule has 0 unspecified atom stereocenters. The monoisotopic (exact) mass is 333 g/mol. The minimum Gasteiger partial charge on any atom is -0.356 e. The summed E-state index contributed by atoms with van der Waals surface area (Å²) < 4.78 is 0. The van der Waals surface area contributed by atoms with Crippen LogP contribution in [0.25, 0.3) is 0 Å². The average Bonchev–Trinajstić information content (AvgIpc) is 2.98. The number of aromatic nitrogens is 2. The van der Waals surface area contributed by atoms with Crippen molar-refractivity contribution >= 4 is 17.4 Å². The molecule has 4 heterocycles. The van der Waals surface area contributed by atoms with Crippen molar-refractivity contribution in [3.05, 3.63) is 48.4 Å². The molecule has 2 aromatic rings. The molecular weight excluding hydrogens is 314 g/mol. The van der Waals surface area contributed by atoms with E-state index in [9.17, 15) is 4.79 Å². The summed E-state index contributed by atoms with van der Waals surface area (Å²) in [6, 6.07) is 9.54. The number of hydrogen-bond acceptors (Lipinski definition) is 5. The molecule has 2 aromatic heterocycles. The molecule has 0 radical (unpaired) electrons. The Labute approximate surface area is 146 Å². The van der Waals surface area contributed by atoms with E-state index in [1.807, 2.05) is 23.1 Å². The molecular formula is C19H19N5O. The van der Waals surface area contributed by atoms with E-state index in [1.165, 1.54) is 0 Å². The highest BCUT2D eigenvalue weighted by atomic mass is 16.2. The van der Waals surface area contributed by atoms with Crippen LogP contribution in [0.3, 0.4) is 0 Å². The predicted octanol–water partition coefficient (Wildman–Crippen LogP) is 2.37. The summed E-state index contributed by atoms with van der Waals surface area (Å²) in [4.78, 5) is 25.7. The van der Waals surface area contributed by atoms with Crippen LogP contribution in [-0.4, -0.2) is 35.5 Å². The maximum atomic E-state index is 13.2. The highest BCUT2D eigenvalue weighted by Crippen LogP contribution is 2.42. The van der Waals surface area contributed by atoms with Crippen LogP contribution < -0.4 is 9.80 Å². The van der Waals surface area contributed by atoms with Crippen molar-refractivity contribution in [3.63, 3.8) is 0 Å². The van der Waals surface area contributed by atoms with Crippen LogP contribution in [0.5, 0.6) is 0 Å². The maximum absolute atomic E-state index is 13.2. The molecule has 2 fully saturated rings. The number of nitrogens with zero attached hydrogens (tertiary/aromatic N) is 5. The summed E-state index contributed by atoms with van der Waals surface area (Å²) in [5.74, 6) is 1.03. The Bertz CT molecular complexity index is 814. The molecule has 4 rings (SSSR count). The zero-order chi connectivity index (χ0) is 17.3. The van der Waals surface area contributed by atoms with Crippen molar-refractivity contribution in [2.45, 2.75) is 19.3 Å². The number of carbonyl (C=O) groups is 1. The highest BCUT2D eigenvalue weighted by molar-refractivity contribution is 6.00. The van der Waals surface area contributed by atoms with Crippen molar-refractivity contribution < 1.29 is 4.79 Å². The van der Waals surface area contributed by atoms with Gasteiger partial charge in [0.25, 0.3) is 0 Å². The average molecular weight is 333 g/mol. The minimum atomic E-state index is -0.344. The lowest BCUT2D eigenvalue weighted by molar-refractivity contribution is -0.126. The van der Waals surface area contributed by atoms with Crippen LogP contribution in [0.15, 0.2) is 42.9 Å². The highest BCUT2D eigenvalue weighted by Gasteiger charge is 2.49. The molecule has 0 aromatic carbocycles. The van der Waals surface area contributed by atoms with Crippen LogP contribution in [0.4, 0.5) is 11.5 Å². The number of pyridine rings is 2. The number of anilines is 2. The van der Waals surface area contributed by atoms with Crippen molar-refractivity contribution in [2.24, 2.45) is 5.41 Å². The summed E-state index contributed by atoms with van der Waals surface area (Å²) in [5, 5.41) is 8.92. The molecule has 2 aliphatic rings. The molecule has 0 N–H and O–H groups in total. The Hall–Kier alpha value is -2.94. The Morgan fingerprint density at radius 2 is 2.08 bits per heavy atom. The Morgan fingerprint density at radius 1 is 1.16 bits per heavy atom. The minimum absolute atomic E-state index is 0.193. The van der Waals surface area contributed by atoms with Crippen LogP contribution in [0.1, 0.15) is 24.8 Å². The number of carbonyl (C=O) groups excluding carboxylic acids is 1. The van der Waals surface area contributed by atoms with Gasteiger partial charge < -0.3 is 9.80 Å². The lowest BCUT2D eigenvalue weighted by atomic mass is 9.78. The molecule has 1 amide bonds. The van der Waals surface area contributed by atoms with Crippen molar-refractivity contribution in [2.75, 3.05) is 29.4 Å². The molecule has 6 nitrogen and oxygen atoms in total. The number of piperidine rings is 1. The number of hydrogen-bond donors (Lipinski definition) is 0. The molecule has 0 aliphatic carbocycles. The topological polar surface area (TPSA) is 73.1 Å². The molecule has 0 saturated carbocycles. The maximum Gasteiger partial charge on any atom is 0.235 e. The first-order valence-corrected chi connectivity index (χ1v) is 8.55. The third-order valence-corrected chi connectivity index (χ3v) is 5.25. The number of nitriles is 1. The molecule has 0 bridgehead atoms. The summed E-state index contributed by atoms with van der Waals surface area (Å²) in [5.41, 5.74) is 1.08. The smallest absolute Gasteiger partial charge is 0.235 e. The fourth-order valence-corrected chi connectivity index (χ4v) is 3.93. The third-order valence-electron chi connectivity index (χ3n) is 5.25. The molecule has 2 saturated heterocycles. The van der Waals surface area contributed by atoms with Gasteiger partial charge in [0.15, 0.2) is 0 Å². The Kier molecular flexibility index (Phi) is 3.85. The van der Waals surface area contributed by atoms with Gasteiger partial charge in [-0.1, -0.05) is 0 Å². The SMILES string of the molecule is N#Cc1ccc(N2CCC[C@]3(CCN(c4cccnc4)C3=O)C2)nc1. The van der Waals surface area contributed by atoms with E-state index in [1.54, 1.807) is 24.7 Å². The van der Waals surface area contributed by atoms with E-state index in [0.29, 0.717) is 12.1 Å². The first kappa shape index (κ1) is 15.6. The van der Waals surface area contributed by atoms with Gasteiger partial charge in [-0.25, -0.2) is 4.98 Å². The van der Waals surface area contributed by atoms with Gasteiger partial charge in [-0.05, 0) is 43.5 Å². The van der Waals surface area contributed by atoms with E-state index in [4.69, 9.17) is 5.26 Å². The fourth-order valence-electron chi connectivity index (χ4n) is 3.93. The Balaban J connectivity index is 1.56. The zero-order valence-corrected chi connectivity index (χ0v) is 13.9. The van der Waals surface area contributed by atoms with Gasteiger partial charge in [-0.3, -0.25) is 9.78 Å². The normalized spacial score (nSPS) is 23.1. The third kappa shape index (κ3) is 2.72. The first-order chi connectivity index (χ1) is 12.2. The quantitative estimate of drug-likeness (QED) is 0.843. The van der Waals surface area contributed by atoms with Gasteiger partial charge in [-0.15, -0.1) is 0 Å². The van der Waals surface area contributed by atoms with Crippen LogP contribution in [0, 0.1) is 16.7 Å². The van der Waals surface area contributed by atoms with Crippen molar-refractivity contribution in [1.29, 1.82) is 5.26 Å². The number of amides is 1. The second kappa shape index (κ2) is 6.17. The molecule has 126 valence electrons. The molecule has 6 heteroatoms. The summed E-state index contributed by atoms with van der Waals surface area (Å²) in [7, 11) is 0. The van der Waals surface area contributed by atoms with Gasteiger partial charge in [0.05, 0.1) is 22.9 Å². The summed E-state index contributed by atoms with van der Waals surface area (Å²) >= 11 is 0. The van der Waals surface area contributed by atoms with Gasteiger partial charge in [-0.2, -0.15) is 5.26 Å². The molecule has 25 heavy (non-hydrogen) atoms. The van der Waals surface area contributed by atoms with Crippen molar-refractivity contribution in [3.8, 4) is 6.07 Å². The largest absolute Gasteiger partial charge is 0.356 e. The molecule has 2 aliphatic heterocycles. The van der Waals surface area contributed by atoms with Crippen LogP contribution in [-0.2, 0) is 4.79 Å². The summed E-state index contributed by atoms with van der Waals surface area (Å²) in [6.07, 6.45) is 7.80. The second-order valence-electron chi connectivity index (χ2n) is 6.74. The first-order valence-electron chi connectivity index (χ1n) is 8.55. The van der Waals surface area contributed by atoms with E-state index in [-0.39, 0.29) is 11.3 Å². The van der Waals surface area contributed by atoms with E-state index in [0.717, 1.165) is 43.9 Å². The van der Waals surface area contributed by atoms with Gasteiger partial charge >= 0.3 is 0 Å². The lowest BCUT2D eigenvalue weighted by Crippen LogP contribution is -2.48. The standard InChI is InChI=1S/C19H19N5O/c20-11-15-4-5-17(22-12-15)23-9-2-6-19(14-23)7-10-24(18(19)25)16-3-1-8-21-13-16/h1,3-5,8,12-13H,2,6-7,9-10,14H2/t19-/m0/s1. The van der Waals surface area contributed by atoms with Crippen LogP contribution >= 0.6 is 0 Å². The number of rotatable bonds is 2. The predicted molar refractivity (Wildman–Crippen MR) is 94.0 cm³/mol. The van der Waals surface area contributed by atoms with Gasteiger partial charge in [0.1, 0.15) is 11.9 Å². The second-order valence-corrected chi connectivity index (χ2v) is 6.74.